The maximum atomic E-state index is 13.2. The van der Waals surface area contributed by atoms with E-state index < -0.39 is 21.7 Å². The molecule has 134 valence electrons. The monoisotopic (exact) mass is 402 g/mol. The van der Waals surface area contributed by atoms with Gasteiger partial charge in [0.2, 0.25) is 5.72 Å². The maximum absolute atomic E-state index is 13.2. The van der Waals surface area contributed by atoms with Gasteiger partial charge in [0, 0.05) is 17.2 Å². The second kappa shape index (κ2) is 7.21. The van der Waals surface area contributed by atoms with Gasteiger partial charge >= 0.3 is 0 Å². The number of amides is 1. The zero-order valence-electron chi connectivity index (χ0n) is 13.4. The quantitative estimate of drug-likeness (QED) is 0.751. The van der Waals surface area contributed by atoms with Crippen molar-refractivity contribution in [2.75, 3.05) is 11.4 Å². The summed E-state index contributed by atoms with van der Waals surface area (Å²) in [5.74, 6) is -0.995. The van der Waals surface area contributed by atoms with Crippen LogP contribution in [0, 0.1) is 0 Å². The van der Waals surface area contributed by atoms with E-state index in [2.05, 4.69) is 0 Å². The number of nitrogens with two attached hydrogens (primary N) is 1. The molecular weight excluding hydrogens is 387 g/mol. The molecule has 0 aliphatic rings. The van der Waals surface area contributed by atoms with Gasteiger partial charge in [-0.25, -0.2) is 12.7 Å². The van der Waals surface area contributed by atoms with Crippen LogP contribution in [0.4, 0.5) is 5.69 Å². The highest BCUT2D eigenvalue weighted by atomic mass is 35.5. The Labute approximate surface area is 156 Å². The van der Waals surface area contributed by atoms with Crippen LogP contribution in [0.1, 0.15) is 6.92 Å². The van der Waals surface area contributed by atoms with E-state index in [1.165, 1.54) is 44.4 Å². The van der Waals surface area contributed by atoms with E-state index in [-0.39, 0.29) is 20.6 Å². The van der Waals surface area contributed by atoms with E-state index >= 15 is 0 Å². The molecule has 0 saturated carbocycles. The van der Waals surface area contributed by atoms with E-state index in [4.69, 9.17) is 33.7 Å². The Balaban J connectivity index is 2.80. The summed E-state index contributed by atoms with van der Waals surface area (Å²) in [6, 6.07) is 11.7. The highest BCUT2D eigenvalue weighted by molar-refractivity contribution is 7.93. The molecule has 0 saturated heterocycles. The first-order valence-corrected chi connectivity index (χ1v) is 9.24. The van der Waals surface area contributed by atoms with Gasteiger partial charge in [0.05, 0.1) is 10.6 Å². The third-order valence-electron chi connectivity index (χ3n) is 3.61. The summed E-state index contributed by atoms with van der Waals surface area (Å²) in [7, 11) is -3.03. The van der Waals surface area contributed by atoms with Crippen molar-refractivity contribution in [3.05, 3.63) is 58.6 Å². The molecule has 0 spiro atoms. The molecule has 9 heteroatoms. The number of primary amides is 1. The molecule has 2 aromatic carbocycles. The Morgan fingerprint density at radius 3 is 2.08 bits per heavy atom. The molecule has 2 aromatic rings. The number of hydrogen-bond acceptors (Lipinski definition) is 4. The second-order valence-corrected chi connectivity index (χ2v) is 7.92. The third-order valence-corrected chi connectivity index (χ3v) is 5.95. The minimum Gasteiger partial charge on any atom is -0.365 e. The number of anilines is 1. The van der Waals surface area contributed by atoms with Crippen molar-refractivity contribution >= 4 is 44.8 Å². The number of carbonyl (C=O) groups is 1. The number of nitrogens with zero attached hydrogens (tertiary/aromatic N) is 1. The van der Waals surface area contributed by atoms with E-state index in [1.54, 1.807) is 18.2 Å². The number of ether oxygens (including phenoxy) is 1. The first kappa shape index (κ1) is 19.5. The molecule has 0 aliphatic heterocycles. The highest BCUT2D eigenvalue weighted by Gasteiger charge is 2.46. The van der Waals surface area contributed by atoms with Gasteiger partial charge < -0.3 is 10.5 Å². The Morgan fingerprint density at radius 2 is 1.64 bits per heavy atom. The zero-order chi connectivity index (χ0) is 18.8. The van der Waals surface area contributed by atoms with Crippen LogP contribution in [0.3, 0.4) is 0 Å². The summed E-state index contributed by atoms with van der Waals surface area (Å²) >= 11 is 12.0. The van der Waals surface area contributed by atoms with Crippen LogP contribution in [0.25, 0.3) is 0 Å². The molecule has 1 amide bonds. The number of halogens is 2. The molecule has 0 fully saturated rings. The predicted octanol–water partition coefficient (Wildman–Crippen LogP) is 3.04. The molecule has 25 heavy (non-hydrogen) atoms. The molecule has 0 aliphatic carbocycles. The van der Waals surface area contributed by atoms with Crippen molar-refractivity contribution in [3.8, 4) is 0 Å². The normalized spacial score (nSPS) is 13.9. The van der Waals surface area contributed by atoms with E-state index in [9.17, 15) is 13.2 Å². The molecule has 1 unspecified atom stereocenters. The number of benzene rings is 2. The lowest BCUT2D eigenvalue weighted by Crippen LogP contribution is -2.59. The lowest BCUT2D eigenvalue weighted by atomic mass is 10.2. The van der Waals surface area contributed by atoms with Crippen molar-refractivity contribution < 1.29 is 17.9 Å². The van der Waals surface area contributed by atoms with Crippen LogP contribution in [0.15, 0.2) is 53.4 Å². The summed E-state index contributed by atoms with van der Waals surface area (Å²) in [4.78, 5) is 12.0. The Kier molecular flexibility index (Phi) is 5.63. The smallest absolute Gasteiger partial charge is 0.271 e. The molecule has 2 rings (SSSR count). The van der Waals surface area contributed by atoms with Gasteiger partial charge in [0.15, 0.2) is 0 Å². The van der Waals surface area contributed by atoms with Gasteiger partial charge in [0.1, 0.15) is 0 Å². The van der Waals surface area contributed by atoms with Crippen LogP contribution in [0.5, 0.6) is 0 Å². The van der Waals surface area contributed by atoms with Crippen LogP contribution in [-0.4, -0.2) is 27.2 Å². The molecule has 0 aromatic heterocycles. The summed E-state index contributed by atoms with van der Waals surface area (Å²) in [6.07, 6.45) is 0. The van der Waals surface area contributed by atoms with Crippen molar-refractivity contribution in [2.24, 2.45) is 5.73 Å². The van der Waals surface area contributed by atoms with Crippen LogP contribution < -0.4 is 10.0 Å². The molecule has 0 bridgehead atoms. The van der Waals surface area contributed by atoms with Crippen molar-refractivity contribution in [3.63, 3.8) is 0 Å². The van der Waals surface area contributed by atoms with Gasteiger partial charge in [-0.05, 0) is 37.3 Å². The second-order valence-electron chi connectivity index (χ2n) is 5.26. The Bertz CT molecular complexity index is 870. The van der Waals surface area contributed by atoms with Gasteiger partial charge in [-0.2, -0.15) is 0 Å². The number of methoxy groups -OCH3 is 1. The van der Waals surface area contributed by atoms with Gasteiger partial charge in [0.25, 0.3) is 15.9 Å². The van der Waals surface area contributed by atoms with E-state index in [0.717, 1.165) is 4.31 Å². The number of carbonyl (C=O) groups excluding carboxylic acids is 1. The number of hydrogen-bond donors (Lipinski definition) is 1. The molecule has 6 nitrogen and oxygen atoms in total. The van der Waals surface area contributed by atoms with Gasteiger partial charge in [-0.15, -0.1) is 0 Å². The van der Waals surface area contributed by atoms with Gasteiger partial charge in [-0.3, -0.25) is 4.79 Å². The van der Waals surface area contributed by atoms with Crippen LogP contribution in [-0.2, 0) is 19.6 Å². The Hall–Kier alpha value is -1.80. The fraction of sp³-hybridized carbons (Fsp3) is 0.188. The summed E-state index contributed by atoms with van der Waals surface area (Å²) < 4.78 is 32.4. The lowest BCUT2D eigenvalue weighted by Gasteiger charge is -2.38. The molecular formula is C16H16Cl2N2O4S. The largest absolute Gasteiger partial charge is 0.365 e. The molecule has 1 atom stereocenters. The minimum absolute atomic E-state index is 0.0457. The lowest BCUT2D eigenvalue weighted by molar-refractivity contribution is -0.136. The summed E-state index contributed by atoms with van der Waals surface area (Å²) in [5.41, 5.74) is 3.48. The molecule has 2 N–H and O–H groups in total. The number of rotatable bonds is 6. The standard InChI is InChI=1S/C16H16Cl2N2O4S/c1-16(24-2,15(19)21)20(13-9-11(17)8-12(18)10-13)25(22,23)14-6-4-3-5-7-14/h3-10H,1-2H3,(H2,19,21). The summed E-state index contributed by atoms with van der Waals surface area (Å²) in [6.45, 7) is 1.25. The average Bonchev–Trinajstić information content (AvgIpc) is 2.54. The zero-order valence-corrected chi connectivity index (χ0v) is 15.8. The molecule has 0 radical (unpaired) electrons. The van der Waals surface area contributed by atoms with Gasteiger partial charge in [-0.1, -0.05) is 41.4 Å². The summed E-state index contributed by atoms with van der Waals surface area (Å²) in [5, 5.41) is 0.386. The van der Waals surface area contributed by atoms with Crippen molar-refractivity contribution in [1.29, 1.82) is 0 Å². The van der Waals surface area contributed by atoms with Crippen LogP contribution >= 0.6 is 23.2 Å². The fourth-order valence-electron chi connectivity index (χ4n) is 2.25. The molecule has 0 heterocycles. The topological polar surface area (TPSA) is 89.7 Å². The first-order chi connectivity index (χ1) is 11.6. The highest BCUT2D eigenvalue weighted by Crippen LogP contribution is 2.35. The minimum atomic E-state index is -4.21. The van der Waals surface area contributed by atoms with Crippen molar-refractivity contribution in [2.45, 2.75) is 17.5 Å². The van der Waals surface area contributed by atoms with E-state index in [0.29, 0.717) is 0 Å². The number of sulfonamides is 1. The fourth-order valence-corrected chi connectivity index (χ4v) is 4.48. The van der Waals surface area contributed by atoms with Crippen LogP contribution in [0.2, 0.25) is 10.0 Å². The van der Waals surface area contributed by atoms with Crippen molar-refractivity contribution in [1.82, 2.24) is 0 Å². The average molecular weight is 403 g/mol. The Morgan fingerprint density at radius 1 is 1.12 bits per heavy atom. The predicted molar refractivity (Wildman–Crippen MR) is 97.2 cm³/mol. The first-order valence-electron chi connectivity index (χ1n) is 7.04. The SMILES string of the molecule is COC(C)(C(N)=O)N(c1cc(Cl)cc(Cl)c1)S(=O)(=O)c1ccccc1. The van der Waals surface area contributed by atoms with E-state index in [1.807, 2.05) is 0 Å². The maximum Gasteiger partial charge on any atom is 0.271 e. The third kappa shape index (κ3) is 3.74.